The van der Waals surface area contributed by atoms with Gasteiger partial charge in [0.1, 0.15) is 70.0 Å². The molecule has 6 aliphatic carbocycles. The summed E-state index contributed by atoms with van der Waals surface area (Å²) in [6.45, 7) is 18.3. The minimum Gasteiger partial charge on any atom is -0.481 e. The zero-order valence-corrected chi connectivity index (χ0v) is 85.6. The van der Waals surface area contributed by atoms with Gasteiger partial charge in [-0.25, -0.2) is 38.4 Å². The summed E-state index contributed by atoms with van der Waals surface area (Å²) < 4.78 is 71.0. The third-order valence-electron chi connectivity index (χ3n) is 28.7. The van der Waals surface area contributed by atoms with E-state index in [1.54, 1.807) is 71.9 Å². The number of hydrogen-bond donors (Lipinski definition) is 13. The molecular formula is C99H125Cl2N7O40. The minimum atomic E-state index is -1.76. The molecule has 4 saturated heterocycles. The molecule has 810 valence electrons. The second-order valence-corrected chi connectivity index (χ2v) is 41.2. The highest BCUT2D eigenvalue weighted by molar-refractivity contribution is 6.40. The molecule has 49 heteroatoms. The van der Waals surface area contributed by atoms with E-state index in [4.69, 9.17) is 90.9 Å². The van der Waals surface area contributed by atoms with E-state index in [0.29, 0.717) is 97.2 Å². The molecule has 3 aromatic rings. The Morgan fingerprint density at radius 1 is 0.453 bits per heavy atom. The van der Waals surface area contributed by atoms with Crippen LogP contribution < -0.4 is 30.6 Å². The van der Waals surface area contributed by atoms with Gasteiger partial charge in [-0.05, 0) is 197 Å². The van der Waals surface area contributed by atoms with Gasteiger partial charge in [0.25, 0.3) is 17.7 Å². The molecule has 6 bridgehead atoms. The van der Waals surface area contributed by atoms with Crippen LogP contribution in [0.4, 0.5) is 9.59 Å². The van der Waals surface area contributed by atoms with Crippen LogP contribution in [-0.4, -0.2) is 332 Å². The van der Waals surface area contributed by atoms with Gasteiger partial charge in [-0.2, -0.15) is 0 Å². The number of aliphatic carboxylic acids is 3. The van der Waals surface area contributed by atoms with Gasteiger partial charge < -0.3 is 149 Å². The molecule has 4 fully saturated rings. The number of likely N-dealkylation sites (tertiary alicyclic amines) is 3. The molecule has 21 atom stereocenters. The van der Waals surface area contributed by atoms with E-state index < -0.39 is 232 Å². The summed E-state index contributed by atoms with van der Waals surface area (Å²) in [5, 5.41) is 108. The second-order valence-electron chi connectivity index (χ2n) is 40.4. The molecule has 148 heavy (non-hydrogen) atoms. The van der Waals surface area contributed by atoms with E-state index in [2.05, 4.69) is 29.6 Å². The van der Waals surface area contributed by atoms with Crippen LogP contribution in [-0.2, 0) is 175 Å². The number of carboxylic acid groups (broad SMARTS) is 3. The Bertz CT molecular complexity index is 5820. The topological polar surface area (TPSA) is 668 Å². The number of amides is 4. The van der Waals surface area contributed by atoms with Crippen molar-refractivity contribution in [2.24, 2.45) is 5.73 Å². The van der Waals surface area contributed by atoms with Crippen LogP contribution in [0.2, 0.25) is 0 Å². The van der Waals surface area contributed by atoms with E-state index in [0.717, 1.165) is 40.3 Å². The highest BCUT2D eigenvalue weighted by Gasteiger charge is 2.76. The summed E-state index contributed by atoms with van der Waals surface area (Å²) in [6, 6.07) is 5.80. The number of alkyl halides is 2. The zero-order chi connectivity index (χ0) is 109. The fraction of sp³-hybridized carbons (Fsp3) is 0.596. The van der Waals surface area contributed by atoms with Crippen molar-refractivity contribution in [3.05, 3.63) is 122 Å². The zero-order valence-electron chi connectivity index (χ0n) is 84.0. The maximum Gasteiger partial charge on any atom is 0.509 e. The lowest BCUT2D eigenvalue weighted by atomic mass is 9.50. The first-order chi connectivity index (χ1) is 69.3. The number of nitrogens with one attached hydrogen (secondary N) is 2. The van der Waals surface area contributed by atoms with Crippen LogP contribution in [0.3, 0.4) is 0 Å². The lowest BCUT2D eigenvalue weighted by Gasteiger charge is -2.61. The molecule has 16 rings (SSSR count). The maximum atomic E-state index is 13.2. The summed E-state index contributed by atoms with van der Waals surface area (Å²) in [5.74, 6) is -12.6. The van der Waals surface area contributed by atoms with Gasteiger partial charge in [-0.3, -0.25) is 38.4 Å². The third kappa shape index (κ3) is 22.3. The number of esters is 6. The molecular weight excluding hydrogens is 2000 g/mol. The van der Waals surface area contributed by atoms with Crippen LogP contribution >= 0.6 is 23.2 Å². The van der Waals surface area contributed by atoms with Crippen molar-refractivity contribution in [2.45, 2.75) is 328 Å². The predicted molar refractivity (Wildman–Crippen MR) is 505 cm³/mol. The highest BCUT2D eigenvalue weighted by Crippen LogP contribution is 2.68. The van der Waals surface area contributed by atoms with Crippen molar-refractivity contribution >= 4 is 119 Å². The van der Waals surface area contributed by atoms with Crippen molar-refractivity contribution in [3.8, 4) is 17.2 Å². The number of benzene rings is 3. The van der Waals surface area contributed by atoms with Crippen LogP contribution in [0.25, 0.3) is 0 Å². The molecule has 3 spiro atoms. The summed E-state index contributed by atoms with van der Waals surface area (Å²) in [5.41, 5.74) is 4.63. The lowest BCUT2D eigenvalue weighted by Crippen LogP contribution is -2.74. The van der Waals surface area contributed by atoms with E-state index in [9.17, 15) is 123 Å². The van der Waals surface area contributed by atoms with E-state index in [1.807, 2.05) is 50.7 Å². The van der Waals surface area contributed by atoms with Crippen LogP contribution in [0.15, 0.2) is 71.9 Å². The van der Waals surface area contributed by atoms with E-state index in [-0.39, 0.29) is 92.7 Å². The Morgan fingerprint density at radius 3 is 1.04 bits per heavy atom. The molecule has 0 saturated carbocycles. The molecule has 14 N–H and O–H groups in total. The fourth-order valence-corrected chi connectivity index (χ4v) is 21.7. The molecule has 7 heterocycles. The molecule has 47 nitrogen and oxygen atoms in total. The molecule has 4 amide bonds. The smallest absolute Gasteiger partial charge is 0.481 e. The van der Waals surface area contributed by atoms with Crippen molar-refractivity contribution in [3.63, 3.8) is 0 Å². The highest BCUT2D eigenvalue weighted by atomic mass is 35.5. The lowest BCUT2D eigenvalue weighted by molar-refractivity contribution is -0.203. The van der Waals surface area contributed by atoms with Gasteiger partial charge in [0.05, 0.1) is 77.5 Å². The Hall–Kier alpha value is -12.3. The Kier molecular flexibility index (Phi) is 34.7. The van der Waals surface area contributed by atoms with Crippen molar-refractivity contribution in [1.82, 2.24) is 30.4 Å². The number of hydrogen-bond acceptors (Lipinski definition) is 41. The van der Waals surface area contributed by atoms with Crippen LogP contribution in [0.1, 0.15) is 204 Å². The second kappa shape index (κ2) is 44.9. The minimum absolute atomic E-state index is 0.00653. The SMILES string of the molecule is C[C@H](O)C(=O)N[C@@H](CC(=O)O[C@@H](C)C(=O)OC1=CC[C@@]2(O)[C@H]3Cc4ccc(CO)c5c4[C@@]2(CCN3C)[C@H]1O5)C(=O)O.C[C@H](OC(=O)C[C@H](N)C(=O)O)C(=O)OC1=CC[C@@]2(O)[C@H]3Cc4ccc(CO)c5c4[C@@]2(CCN3C)[C@H]1O5.C[C@H](OC(=O)OC(C)(C)C)C(=O)N[C@@H](CC(=O)O[C@@H](C)C(=O)OC1=CC[C@@]2(O)[C@H]3Cc4ccc(CO)c5c4[C@@]2(CCN3C)[C@H]1O5)C(=O)O.C[C@H](OC(=O)OC(C)(C)C)C(=O)ON1C(=O)CCC1=O.ClCCl. The molecule has 0 radical (unpaired) electrons. The number of aliphatic hydroxyl groups excluding tert-OH is 4. The first kappa shape index (κ1) is 114. The average molecular weight is 2120 g/mol. The summed E-state index contributed by atoms with van der Waals surface area (Å²) in [4.78, 5) is 203. The van der Waals surface area contributed by atoms with Gasteiger partial charge in [0, 0.05) is 83.6 Å². The number of imide groups is 1. The summed E-state index contributed by atoms with van der Waals surface area (Å²) >= 11 is 9.53. The van der Waals surface area contributed by atoms with E-state index in [1.165, 1.54) is 34.6 Å². The fourth-order valence-electron chi connectivity index (χ4n) is 21.7. The molecule has 3 aromatic carbocycles. The number of carbonyl (C=O) groups excluding carboxylic acids is 13. The number of ether oxygens (including phenoxy) is 13. The normalized spacial score (nSPS) is 27.1. The number of halogens is 2. The number of carbonyl (C=O) groups is 16. The van der Waals surface area contributed by atoms with Crippen LogP contribution in [0, 0.1) is 0 Å². The van der Waals surface area contributed by atoms with E-state index >= 15 is 0 Å². The molecule has 7 aliphatic heterocycles. The number of nitrogens with two attached hydrogens (primary N) is 1. The van der Waals surface area contributed by atoms with Gasteiger partial charge in [0.15, 0.2) is 42.7 Å². The van der Waals surface area contributed by atoms with Gasteiger partial charge >= 0.3 is 72.0 Å². The Labute approximate surface area is 858 Å². The number of rotatable bonds is 29. The standard InChI is InChI=1S/C33H42N2O13.C28H34N2O11.C25H30N2O9.C12H17NO7.CH2Cl2/c1-16(45-30(42)48-31(3,4)5)27(38)34-20(28(39)40)14-23(37)44-17(2)29(41)46-21-9-10-33(43)22-13-18-7-8-19(15-36)25-24(18)32(33,26(21)47-25)11-12-35(22)6;1-13(32)24(34)29-17(25(35)36)11-20(33)39-14(2)26(37)40-18-6-7-28(38)19-10-15-4-5-16(12-31)22-21(15)27(28,23(18)41-22)8-9-30(19)3;1-12(34-18(29)10-15(26)22(30)31)23(32)35-16-5-6-25(33)17-9-13-3-4-14(11-28)20-19(13)24(25,21(16)36-20)7-8-27(17)2;1-7(18-11(17)19-12(2,3)4)10(16)20-13-8(14)5-6-9(13)15;2-1-3/h7-9,16-17,20,22,26,36,43H,10-15H2,1-6H3,(H,34,38)(H,39,40);4-6,13-14,17,19,23,31-32,38H,7-12H2,1-3H3,(H,29,34)(H,35,36);3-5,12,15,17,21,28,33H,6-11,26H2,1-2H3,(H,30,31);7H,5-6H2,1-4H3;1H2/t16-,17-,20-,22+,26-,32-,33+;13-,14-,17-,19+,23-,27-,28+;12-,15-,17+,21-,24-,25+;7-;/m0000./s1. The number of piperidine rings is 3. The number of nitrogens with zero attached hydrogens (tertiary/aromatic N) is 4. The first-order valence-electron chi connectivity index (χ1n) is 47.9. The number of carboxylic acids is 3. The van der Waals surface area contributed by atoms with Gasteiger partial charge in [-0.15, -0.1) is 28.3 Å². The van der Waals surface area contributed by atoms with Crippen molar-refractivity contribution in [1.29, 1.82) is 0 Å². The maximum absolute atomic E-state index is 13.2. The number of likely N-dealkylation sites (N-methyl/N-ethyl adjacent to an activating group) is 3. The Morgan fingerprint density at radius 2 is 0.750 bits per heavy atom. The summed E-state index contributed by atoms with van der Waals surface area (Å²) in [7, 11) is 5.91. The molecule has 0 aromatic heterocycles. The number of aliphatic hydroxyl groups is 7. The van der Waals surface area contributed by atoms with Crippen LogP contribution in [0.5, 0.6) is 17.2 Å². The van der Waals surface area contributed by atoms with Gasteiger partial charge in [-0.1, -0.05) is 36.4 Å². The third-order valence-corrected chi connectivity index (χ3v) is 28.7. The summed E-state index contributed by atoms with van der Waals surface area (Å²) in [6.07, 6.45) is -6.60. The monoisotopic (exact) mass is 2120 g/mol. The number of hydroxylamine groups is 2. The Balaban J connectivity index is 0.000000180. The van der Waals surface area contributed by atoms with Crippen molar-refractivity contribution in [2.75, 3.05) is 46.1 Å². The largest absolute Gasteiger partial charge is 0.509 e. The molecule has 0 unspecified atom stereocenters. The predicted octanol–water partition coefficient (Wildman–Crippen LogP) is 2.59. The molecule has 13 aliphatic rings. The first-order valence-corrected chi connectivity index (χ1v) is 49.0. The van der Waals surface area contributed by atoms with Gasteiger partial charge in [0.2, 0.25) is 12.0 Å². The van der Waals surface area contributed by atoms with Crippen molar-refractivity contribution < 1.29 is 194 Å². The average Bonchev–Trinajstić information content (AvgIpc) is 1.48. The quantitative estimate of drug-likeness (QED) is 0.0206.